The highest BCUT2D eigenvalue weighted by atomic mass is 35.5. The number of benzene rings is 2. The van der Waals surface area contributed by atoms with Crippen molar-refractivity contribution in [2.75, 3.05) is 27.9 Å². The van der Waals surface area contributed by atoms with E-state index in [1.807, 2.05) is 12.1 Å². The van der Waals surface area contributed by atoms with Gasteiger partial charge in [0.15, 0.2) is 11.5 Å². The van der Waals surface area contributed by atoms with E-state index in [4.69, 9.17) is 14.2 Å². The van der Waals surface area contributed by atoms with E-state index in [-0.39, 0.29) is 18.4 Å². The predicted octanol–water partition coefficient (Wildman–Crippen LogP) is 4.05. The number of rotatable bonds is 5. The van der Waals surface area contributed by atoms with Gasteiger partial charge in [-0.25, -0.2) is 0 Å². The van der Waals surface area contributed by atoms with E-state index in [9.17, 15) is 0 Å². The molecular formula is C21H25ClN2O3. The maximum Gasteiger partial charge on any atom is 0.160 e. The fourth-order valence-electron chi connectivity index (χ4n) is 3.83. The number of halogens is 1. The fourth-order valence-corrected chi connectivity index (χ4v) is 3.83. The van der Waals surface area contributed by atoms with Crippen LogP contribution >= 0.6 is 12.4 Å². The average Bonchev–Trinajstić information content (AvgIpc) is 3.06. The number of hydrogen-bond acceptors (Lipinski definition) is 4. The van der Waals surface area contributed by atoms with Gasteiger partial charge < -0.3 is 24.5 Å². The van der Waals surface area contributed by atoms with E-state index >= 15 is 0 Å². The Morgan fingerprint density at radius 3 is 2.52 bits per heavy atom. The molecule has 1 aliphatic heterocycles. The number of methoxy groups -OCH3 is 3. The molecule has 3 aromatic rings. The number of aromatic nitrogens is 1. The SMILES string of the molecule is COc1ccc2[nH]c3c(c2c1)CCNC3Cc1ccc(OC)c(OC)c1.Cl. The minimum absolute atomic E-state index is 0. The van der Waals surface area contributed by atoms with Crippen molar-refractivity contribution in [2.24, 2.45) is 0 Å². The third-order valence-electron chi connectivity index (χ3n) is 5.15. The van der Waals surface area contributed by atoms with E-state index in [0.717, 1.165) is 42.2 Å². The Morgan fingerprint density at radius 2 is 1.78 bits per heavy atom. The number of nitrogens with one attached hydrogen (secondary N) is 2. The Kier molecular flexibility index (Phi) is 5.82. The van der Waals surface area contributed by atoms with Crippen LogP contribution in [0.5, 0.6) is 17.2 Å². The molecule has 2 aromatic carbocycles. The van der Waals surface area contributed by atoms with Gasteiger partial charge in [0.2, 0.25) is 0 Å². The normalized spacial score (nSPS) is 15.7. The van der Waals surface area contributed by atoms with E-state index in [1.54, 1.807) is 21.3 Å². The Hall–Kier alpha value is -2.37. The molecule has 0 fully saturated rings. The first-order valence-corrected chi connectivity index (χ1v) is 8.86. The van der Waals surface area contributed by atoms with Crippen LogP contribution in [-0.4, -0.2) is 32.9 Å². The quantitative estimate of drug-likeness (QED) is 0.692. The van der Waals surface area contributed by atoms with Crippen LogP contribution in [0.25, 0.3) is 10.9 Å². The molecule has 5 nitrogen and oxygen atoms in total. The van der Waals surface area contributed by atoms with E-state index in [1.165, 1.54) is 22.2 Å². The van der Waals surface area contributed by atoms with Gasteiger partial charge in [0.25, 0.3) is 0 Å². The van der Waals surface area contributed by atoms with Gasteiger partial charge in [-0.15, -0.1) is 12.4 Å². The second-order valence-electron chi connectivity index (χ2n) is 6.58. The first kappa shape index (κ1) is 19.4. The van der Waals surface area contributed by atoms with Crippen molar-refractivity contribution in [3.63, 3.8) is 0 Å². The van der Waals surface area contributed by atoms with Crippen LogP contribution in [0.2, 0.25) is 0 Å². The molecule has 6 heteroatoms. The number of aromatic amines is 1. The van der Waals surface area contributed by atoms with Crippen LogP contribution in [0, 0.1) is 0 Å². The summed E-state index contributed by atoms with van der Waals surface area (Å²) in [5.41, 5.74) is 5.04. The minimum atomic E-state index is 0. The topological polar surface area (TPSA) is 55.5 Å². The fraction of sp³-hybridized carbons (Fsp3) is 0.333. The van der Waals surface area contributed by atoms with Gasteiger partial charge in [-0.2, -0.15) is 0 Å². The second-order valence-corrected chi connectivity index (χ2v) is 6.58. The van der Waals surface area contributed by atoms with Crippen molar-refractivity contribution in [3.05, 3.63) is 53.2 Å². The lowest BCUT2D eigenvalue weighted by atomic mass is 9.94. The maximum atomic E-state index is 5.44. The highest BCUT2D eigenvalue weighted by molar-refractivity contribution is 5.86. The summed E-state index contributed by atoms with van der Waals surface area (Å²) in [5.74, 6) is 2.42. The standard InChI is InChI=1S/C21H24N2O3.ClH/c1-24-14-5-6-17-16(12-14)15-8-9-22-18(21(15)23-17)10-13-4-7-19(25-2)20(11-13)26-3;/h4-7,11-12,18,22-23H,8-10H2,1-3H3;1H. The molecule has 2 heterocycles. The van der Waals surface area contributed by atoms with Crippen LogP contribution in [0.4, 0.5) is 0 Å². The molecule has 0 saturated heterocycles. The summed E-state index contributed by atoms with van der Waals surface area (Å²) >= 11 is 0. The lowest BCUT2D eigenvalue weighted by molar-refractivity contribution is 0.354. The molecule has 0 radical (unpaired) electrons. The predicted molar refractivity (Wildman–Crippen MR) is 110 cm³/mol. The van der Waals surface area contributed by atoms with Crippen LogP contribution in [0.3, 0.4) is 0 Å². The van der Waals surface area contributed by atoms with Crippen molar-refractivity contribution in [2.45, 2.75) is 18.9 Å². The van der Waals surface area contributed by atoms with E-state index < -0.39 is 0 Å². The first-order chi connectivity index (χ1) is 12.7. The van der Waals surface area contributed by atoms with Crippen LogP contribution in [0.15, 0.2) is 36.4 Å². The number of hydrogen-bond donors (Lipinski definition) is 2. The van der Waals surface area contributed by atoms with Crippen molar-refractivity contribution in [3.8, 4) is 17.2 Å². The molecule has 144 valence electrons. The van der Waals surface area contributed by atoms with Crippen LogP contribution < -0.4 is 19.5 Å². The summed E-state index contributed by atoms with van der Waals surface area (Å²) in [6, 6.07) is 12.6. The van der Waals surface area contributed by atoms with Gasteiger partial charge in [-0.05, 0) is 60.8 Å². The Bertz CT molecular complexity index is 939. The molecule has 1 atom stereocenters. The zero-order valence-corrected chi connectivity index (χ0v) is 16.6. The summed E-state index contributed by atoms with van der Waals surface area (Å²) in [6.45, 7) is 0.967. The third-order valence-corrected chi connectivity index (χ3v) is 5.15. The van der Waals surface area contributed by atoms with Crippen molar-refractivity contribution in [1.82, 2.24) is 10.3 Å². The van der Waals surface area contributed by atoms with Gasteiger partial charge >= 0.3 is 0 Å². The highest BCUT2D eigenvalue weighted by Gasteiger charge is 2.24. The second kappa shape index (κ2) is 8.11. The van der Waals surface area contributed by atoms with Gasteiger partial charge in [-0.3, -0.25) is 0 Å². The van der Waals surface area contributed by atoms with Crippen LogP contribution in [0.1, 0.15) is 22.9 Å². The molecule has 1 aromatic heterocycles. The maximum absolute atomic E-state index is 5.44. The minimum Gasteiger partial charge on any atom is -0.497 e. The Labute approximate surface area is 165 Å². The van der Waals surface area contributed by atoms with Crippen molar-refractivity contribution < 1.29 is 14.2 Å². The molecule has 2 N–H and O–H groups in total. The summed E-state index contributed by atoms with van der Waals surface area (Å²) in [7, 11) is 5.04. The van der Waals surface area contributed by atoms with Crippen LogP contribution in [-0.2, 0) is 12.8 Å². The summed E-state index contributed by atoms with van der Waals surface area (Å²) in [5, 5.41) is 4.91. The van der Waals surface area contributed by atoms with Gasteiger partial charge in [0.1, 0.15) is 5.75 Å². The molecule has 4 rings (SSSR count). The zero-order chi connectivity index (χ0) is 18.1. The van der Waals surface area contributed by atoms with E-state index in [0.29, 0.717) is 0 Å². The third kappa shape index (κ3) is 3.57. The average molecular weight is 389 g/mol. The lowest BCUT2D eigenvalue weighted by Crippen LogP contribution is -2.31. The molecular weight excluding hydrogens is 364 g/mol. The molecule has 0 saturated carbocycles. The monoisotopic (exact) mass is 388 g/mol. The van der Waals surface area contributed by atoms with Crippen molar-refractivity contribution in [1.29, 1.82) is 0 Å². The highest BCUT2D eigenvalue weighted by Crippen LogP contribution is 2.35. The molecule has 1 unspecified atom stereocenters. The molecule has 27 heavy (non-hydrogen) atoms. The summed E-state index contributed by atoms with van der Waals surface area (Å²) in [6.07, 6.45) is 1.91. The number of fused-ring (bicyclic) bond motifs is 3. The summed E-state index contributed by atoms with van der Waals surface area (Å²) < 4.78 is 16.2. The largest absolute Gasteiger partial charge is 0.497 e. The number of ether oxygens (including phenoxy) is 3. The number of H-pyrrole nitrogens is 1. The molecule has 0 spiro atoms. The molecule has 0 bridgehead atoms. The summed E-state index contributed by atoms with van der Waals surface area (Å²) in [4.78, 5) is 3.61. The van der Waals surface area contributed by atoms with E-state index in [2.05, 4.69) is 34.6 Å². The molecule has 0 aliphatic carbocycles. The first-order valence-electron chi connectivity index (χ1n) is 8.86. The lowest BCUT2D eigenvalue weighted by Gasteiger charge is -2.25. The van der Waals surface area contributed by atoms with Gasteiger partial charge in [-0.1, -0.05) is 6.07 Å². The van der Waals surface area contributed by atoms with Gasteiger partial charge in [0, 0.05) is 16.6 Å². The van der Waals surface area contributed by atoms with Gasteiger partial charge in [0.05, 0.1) is 27.4 Å². The Balaban J connectivity index is 0.00000210. The Morgan fingerprint density at radius 1 is 0.963 bits per heavy atom. The van der Waals surface area contributed by atoms with Crippen molar-refractivity contribution >= 4 is 23.3 Å². The molecule has 1 aliphatic rings. The smallest absolute Gasteiger partial charge is 0.160 e. The molecule has 0 amide bonds. The zero-order valence-electron chi connectivity index (χ0n) is 15.8.